The normalized spacial score (nSPS) is 12.0. The van der Waals surface area contributed by atoms with Crippen molar-refractivity contribution >= 4 is 17.9 Å². The first-order chi connectivity index (χ1) is 12.1. The molecule has 7 nitrogen and oxygen atoms in total. The lowest BCUT2D eigenvalue weighted by Crippen LogP contribution is -2.45. The van der Waals surface area contributed by atoms with E-state index in [9.17, 15) is 14.4 Å². The fourth-order valence-corrected chi connectivity index (χ4v) is 2.01. The summed E-state index contributed by atoms with van der Waals surface area (Å²) in [5.74, 6) is -0.533. The quantitative estimate of drug-likeness (QED) is 0.693. The number of carbonyl (C=O) groups excluding carboxylic acids is 3. The van der Waals surface area contributed by atoms with Gasteiger partial charge in [0.1, 0.15) is 11.6 Å². The molecule has 1 aromatic carbocycles. The van der Waals surface area contributed by atoms with Crippen molar-refractivity contribution in [3.8, 4) is 0 Å². The average molecular weight is 363 g/mol. The Labute approximate surface area is 154 Å². The second-order valence-corrected chi connectivity index (χ2v) is 7.04. The summed E-state index contributed by atoms with van der Waals surface area (Å²) < 4.78 is 5.16. The highest BCUT2D eigenvalue weighted by atomic mass is 16.6. The number of hydrogen-bond donors (Lipinski definition) is 3. The van der Waals surface area contributed by atoms with Crippen LogP contribution >= 0.6 is 0 Å². The highest BCUT2D eigenvalue weighted by Gasteiger charge is 2.17. The Morgan fingerprint density at radius 2 is 1.69 bits per heavy atom. The summed E-state index contributed by atoms with van der Waals surface area (Å²) in [5, 5.41) is 8.05. The number of hydrogen-bond acceptors (Lipinski definition) is 4. The highest BCUT2D eigenvalue weighted by Crippen LogP contribution is 2.08. The molecule has 0 heterocycles. The number of nitrogens with one attached hydrogen (secondary N) is 3. The third kappa shape index (κ3) is 8.00. The first-order valence-corrected chi connectivity index (χ1v) is 8.76. The molecule has 26 heavy (non-hydrogen) atoms. The molecule has 1 unspecified atom stereocenters. The SMILES string of the molecule is CCCNC(=O)C(C)NC(=O)c1ccc(CNC(=O)OC(C)(C)C)cc1. The zero-order chi connectivity index (χ0) is 19.7. The summed E-state index contributed by atoms with van der Waals surface area (Å²) in [7, 11) is 0. The molecule has 1 atom stereocenters. The van der Waals surface area contributed by atoms with Crippen LogP contribution in [0.4, 0.5) is 4.79 Å². The minimum Gasteiger partial charge on any atom is -0.444 e. The van der Waals surface area contributed by atoms with Gasteiger partial charge in [-0.05, 0) is 51.8 Å². The number of benzene rings is 1. The Bertz CT molecular complexity index is 621. The standard InChI is InChI=1S/C19H29N3O4/c1-6-11-20-16(23)13(2)22-17(24)15-9-7-14(8-10-15)12-21-18(25)26-19(3,4)5/h7-10,13H,6,11-12H2,1-5H3,(H,20,23)(H,21,25)(H,22,24). The van der Waals surface area contributed by atoms with Gasteiger partial charge in [0.15, 0.2) is 0 Å². The molecular formula is C19H29N3O4. The van der Waals surface area contributed by atoms with E-state index in [4.69, 9.17) is 4.74 Å². The summed E-state index contributed by atoms with van der Waals surface area (Å²) >= 11 is 0. The van der Waals surface area contributed by atoms with Gasteiger partial charge < -0.3 is 20.7 Å². The van der Waals surface area contributed by atoms with Crippen LogP contribution in [0.3, 0.4) is 0 Å². The number of rotatable bonds is 7. The van der Waals surface area contributed by atoms with Crippen molar-refractivity contribution in [1.82, 2.24) is 16.0 Å². The predicted octanol–water partition coefficient (Wildman–Crippen LogP) is 2.36. The van der Waals surface area contributed by atoms with E-state index in [1.807, 2.05) is 6.92 Å². The van der Waals surface area contributed by atoms with Gasteiger partial charge in [0.05, 0.1) is 0 Å². The van der Waals surface area contributed by atoms with Crippen molar-refractivity contribution in [1.29, 1.82) is 0 Å². The summed E-state index contributed by atoms with van der Waals surface area (Å²) in [6, 6.07) is 6.18. The zero-order valence-electron chi connectivity index (χ0n) is 16.1. The van der Waals surface area contributed by atoms with Crippen molar-refractivity contribution in [3.05, 3.63) is 35.4 Å². The fourth-order valence-electron chi connectivity index (χ4n) is 2.01. The van der Waals surface area contributed by atoms with Gasteiger partial charge in [-0.3, -0.25) is 9.59 Å². The van der Waals surface area contributed by atoms with E-state index in [0.29, 0.717) is 18.7 Å². The van der Waals surface area contributed by atoms with Crippen LogP contribution in [-0.4, -0.2) is 36.1 Å². The largest absolute Gasteiger partial charge is 0.444 e. The molecule has 0 aliphatic carbocycles. The monoisotopic (exact) mass is 363 g/mol. The van der Waals surface area contributed by atoms with Crippen molar-refractivity contribution in [2.24, 2.45) is 0 Å². The van der Waals surface area contributed by atoms with Gasteiger partial charge in [0, 0.05) is 18.7 Å². The zero-order valence-corrected chi connectivity index (χ0v) is 16.1. The molecule has 1 aromatic rings. The number of amides is 3. The van der Waals surface area contributed by atoms with E-state index < -0.39 is 17.7 Å². The highest BCUT2D eigenvalue weighted by molar-refractivity contribution is 5.97. The number of alkyl carbamates (subject to hydrolysis) is 1. The van der Waals surface area contributed by atoms with Crippen molar-refractivity contribution in [2.45, 2.75) is 59.2 Å². The summed E-state index contributed by atoms with van der Waals surface area (Å²) in [6.07, 6.45) is 0.344. The average Bonchev–Trinajstić information content (AvgIpc) is 2.56. The van der Waals surface area contributed by atoms with Crippen LogP contribution in [-0.2, 0) is 16.1 Å². The Hall–Kier alpha value is -2.57. The van der Waals surface area contributed by atoms with Gasteiger partial charge in [0.2, 0.25) is 5.91 Å². The maximum absolute atomic E-state index is 12.2. The van der Waals surface area contributed by atoms with Gasteiger partial charge in [-0.2, -0.15) is 0 Å². The van der Waals surface area contributed by atoms with Crippen molar-refractivity contribution < 1.29 is 19.1 Å². The van der Waals surface area contributed by atoms with E-state index in [-0.39, 0.29) is 11.8 Å². The molecule has 0 bridgehead atoms. The van der Waals surface area contributed by atoms with Gasteiger partial charge >= 0.3 is 6.09 Å². The molecule has 0 radical (unpaired) electrons. The Morgan fingerprint density at radius 3 is 2.23 bits per heavy atom. The Balaban J connectivity index is 2.52. The summed E-state index contributed by atoms with van der Waals surface area (Å²) in [6.45, 7) is 9.87. The van der Waals surface area contributed by atoms with E-state index in [1.54, 1.807) is 52.0 Å². The second kappa shape index (κ2) is 9.79. The maximum atomic E-state index is 12.2. The van der Waals surface area contributed by atoms with Crippen LogP contribution in [0.25, 0.3) is 0 Å². The molecule has 0 aliphatic rings. The topological polar surface area (TPSA) is 96.5 Å². The number of carbonyl (C=O) groups is 3. The van der Waals surface area contributed by atoms with Gasteiger partial charge in [-0.1, -0.05) is 19.1 Å². The molecule has 0 spiro atoms. The third-order valence-corrected chi connectivity index (χ3v) is 3.34. The molecule has 144 valence electrons. The minimum atomic E-state index is -0.609. The van der Waals surface area contributed by atoms with Crippen molar-refractivity contribution in [3.63, 3.8) is 0 Å². The molecule has 3 N–H and O–H groups in total. The Morgan fingerprint density at radius 1 is 1.08 bits per heavy atom. The molecule has 0 saturated heterocycles. The van der Waals surface area contributed by atoms with E-state index in [0.717, 1.165) is 12.0 Å². The van der Waals surface area contributed by atoms with Crippen LogP contribution in [0.15, 0.2) is 24.3 Å². The Kier molecular flexibility index (Phi) is 8.09. The number of ether oxygens (including phenoxy) is 1. The summed E-state index contributed by atoms with van der Waals surface area (Å²) in [4.78, 5) is 35.6. The first-order valence-electron chi connectivity index (χ1n) is 8.76. The minimum absolute atomic E-state index is 0.210. The molecule has 0 fully saturated rings. The van der Waals surface area contributed by atoms with Crippen molar-refractivity contribution in [2.75, 3.05) is 6.54 Å². The molecule has 7 heteroatoms. The molecule has 3 amide bonds. The lowest BCUT2D eigenvalue weighted by molar-refractivity contribution is -0.122. The first kappa shape index (κ1) is 21.5. The summed E-state index contributed by atoms with van der Waals surface area (Å²) in [5.41, 5.74) is 0.730. The van der Waals surface area contributed by atoms with Crippen LogP contribution in [0.2, 0.25) is 0 Å². The van der Waals surface area contributed by atoms with E-state index >= 15 is 0 Å². The lowest BCUT2D eigenvalue weighted by atomic mass is 10.1. The van der Waals surface area contributed by atoms with Crippen LogP contribution < -0.4 is 16.0 Å². The van der Waals surface area contributed by atoms with Gasteiger partial charge in [-0.25, -0.2) is 4.79 Å². The van der Waals surface area contributed by atoms with Crippen LogP contribution in [0.1, 0.15) is 57.0 Å². The second-order valence-electron chi connectivity index (χ2n) is 7.04. The molecular weight excluding hydrogens is 334 g/mol. The van der Waals surface area contributed by atoms with Crippen LogP contribution in [0, 0.1) is 0 Å². The molecule has 0 aliphatic heterocycles. The van der Waals surface area contributed by atoms with Crippen LogP contribution in [0.5, 0.6) is 0 Å². The smallest absolute Gasteiger partial charge is 0.407 e. The lowest BCUT2D eigenvalue weighted by Gasteiger charge is -2.19. The van der Waals surface area contributed by atoms with Gasteiger partial charge in [-0.15, -0.1) is 0 Å². The van der Waals surface area contributed by atoms with Gasteiger partial charge in [0.25, 0.3) is 5.91 Å². The maximum Gasteiger partial charge on any atom is 0.407 e. The predicted molar refractivity (Wildman–Crippen MR) is 99.7 cm³/mol. The molecule has 0 saturated carbocycles. The fraction of sp³-hybridized carbons (Fsp3) is 0.526. The third-order valence-electron chi connectivity index (χ3n) is 3.34. The van der Waals surface area contributed by atoms with E-state index in [2.05, 4.69) is 16.0 Å². The van der Waals surface area contributed by atoms with E-state index in [1.165, 1.54) is 0 Å². The molecule has 0 aromatic heterocycles. The molecule has 1 rings (SSSR count).